The summed E-state index contributed by atoms with van der Waals surface area (Å²) >= 11 is 0. The van der Waals surface area contributed by atoms with E-state index in [0.717, 1.165) is 16.0 Å². The van der Waals surface area contributed by atoms with Gasteiger partial charge in [0.15, 0.2) is 0 Å². The van der Waals surface area contributed by atoms with Crippen LogP contribution in [0.2, 0.25) is 0 Å². The van der Waals surface area contributed by atoms with E-state index >= 15 is 0 Å². The molecule has 2 aromatic carbocycles. The van der Waals surface area contributed by atoms with Gasteiger partial charge in [0.1, 0.15) is 6.61 Å². The van der Waals surface area contributed by atoms with E-state index in [2.05, 4.69) is 0 Å². The number of benzene rings is 2. The second-order valence-electron chi connectivity index (χ2n) is 4.86. The molecule has 0 saturated heterocycles. The molecule has 0 heterocycles. The molecule has 0 aliphatic heterocycles. The first-order chi connectivity index (χ1) is 10.7. The highest BCUT2D eigenvalue weighted by Gasteiger charge is 2.21. The average Bonchev–Trinajstić information content (AvgIpc) is 2.58. The van der Waals surface area contributed by atoms with Gasteiger partial charge in [0.05, 0.1) is 6.54 Å². The van der Waals surface area contributed by atoms with E-state index in [9.17, 15) is 9.59 Å². The second kappa shape index (κ2) is 7.98. The minimum atomic E-state index is -0.612. The summed E-state index contributed by atoms with van der Waals surface area (Å²) in [6.45, 7) is 2.11. The highest BCUT2D eigenvalue weighted by molar-refractivity contribution is 5.91. The molecular formula is C18H19NO3. The van der Waals surface area contributed by atoms with E-state index in [-0.39, 0.29) is 25.5 Å². The molecule has 0 unspecified atom stereocenters. The lowest BCUT2D eigenvalue weighted by Crippen LogP contribution is -2.36. The van der Waals surface area contributed by atoms with E-state index in [1.807, 2.05) is 60.7 Å². The van der Waals surface area contributed by atoms with E-state index in [1.165, 1.54) is 0 Å². The predicted octanol–water partition coefficient (Wildman–Crippen LogP) is 3.76. The van der Waals surface area contributed by atoms with Gasteiger partial charge < -0.3 is 4.74 Å². The lowest BCUT2D eigenvalue weighted by molar-refractivity contribution is -0.129. The molecule has 0 aliphatic carbocycles. The fourth-order valence-corrected chi connectivity index (χ4v) is 2.01. The van der Waals surface area contributed by atoms with Crippen molar-refractivity contribution in [3.8, 4) is 0 Å². The molecular weight excluding hydrogens is 278 g/mol. The van der Waals surface area contributed by atoms with Crippen LogP contribution in [-0.2, 0) is 22.7 Å². The predicted molar refractivity (Wildman–Crippen MR) is 83.9 cm³/mol. The minimum Gasteiger partial charge on any atom is -0.444 e. The van der Waals surface area contributed by atoms with Crippen molar-refractivity contribution in [3.63, 3.8) is 0 Å². The summed E-state index contributed by atoms with van der Waals surface area (Å²) in [5, 5.41) is 0. The fourth-order valence-electron chi connectivity index (χ4n) is 2.01. The number of carbonyl (C=O) groups is 2. The Hall–Kier alpha value is -2.62. The van der Waals surface area contributed by atoms with Crippen LogP contribution in [-0.4, -0.2) is 16.9 Å². The molecule has 0 fully saturated rings. The van der Waals surface area contributed by atoms with Gasteiger partial charge in [-0.3, -0.25) is 4.79 Å². The smallest absolute Gasteiger partial charge is 0.417 e. The summed E-state index contributed by atoms with van der Waals surface area (Å²) < 4.78 is 5.25. The first-order valence-electron chi connectivity index (χ1n) is 7.25. The number of nitrogens with zero attached hydrogens (tertiary/aromatic N) is 1. The Morgan fingerprint density at radius 1 is 0.909 bits per heavy atom. The first kappa shape index (κ1) is 15.8. The van der Waals surface area contributed by atoms with Crippen molar-refractivity contribution in [3.05, 3.63) is 71.8 Å². The van der Waals surface area contributed by atoms with Crippen molar-refractivity contribution in [2.24, 2.45) is 0 Å². The maximum atomic E-state index is 12.2. The van der Waals surface area contributed by atoms with Crippen molar-refractivity contribution in [2.45, 2.75) is 26.5 Å². The number of imide groups is 1. The van der Waals surface area contributed by atoms with Gasteiger partial charge in [0.2, 0.25) is 5.91 Å². The average molecular weight is 297 g/mol. The number of ether oxygens (including phenoxy) is 1. The summed E-state index contributed by atoms with van der Waals surface area (Å²) in [6.07, 6.45) is -0.354. The minimum absolute atomic E-state index is 0.155. The molecule has 4 nitrogen and oxygen atoms in total. The van der Waals surface area contributed by atoms with Crippen molar-refractivity contribution >= 4 is 12.0 Å². The molecule has 0 N–H and O–H groups in total. The van der Waals surface area contributed by atoms with E-state index in [4.69, 9.17) is 4.74 Å². The standard InChI is InChI=1S/C18H19NO3/c1-2-17(20)19(13-15-9-5-3-6-10-15)18(21)22-14-16-11-7-4-8-12-16/h3-12H,2,13-14H2,1H3. The maximum absolute atomic E-state index is 12.2. The zero-order valence-corrected chi connectivity index (χ0v) is 12.6. The molecule has 2 rings (SSSR count). The number of hydrogen-bond donors (Lipinski definition) is 0. The second-order valence-corrected chi connectivity index (χ2v) is 4.86. The quantitative estimate of drug-likeness (QED) is 0.844. The Balaban J connectivity index is 2.02. The Labute approximate surface area is 130 Å². The zero-order chi connectivity index (χ0) is 15.8. The van der Waals surface area contributed by atoms with Gasteiger partial charge in [-0.1, -0.05) is 67.6 Å². The van der Waals surface area contributed by atoms with E-state index in [0.29, 0.717) is 0 Å². The molecule has 114 valence electrons. The van der Waals surface area contributed by atoms with Gasteiger partial charge in [-0.15, -0.1) is 0 Å². The van der Waals surface area contributed by atoms with Crippen molar-refractivity contribution in [1.29, 1.82) is 0 Å². The van der Waals surface area contributed by atoms with Crippen LogP contribution in [0.4, 0.5) is 4.79 Å². The first-order valence-corrected chi connectivity index (χ1v) is 7.25. The van der Waals surface area contributed by atoms with Crippen LogP contribution in [0.3, 0.4) is 0 Å². The van der Waals surface area contributed by atoms with Crippen LogP contribution in [0.5, 0.6) is 0 Å². The highest BCUT2D eigenvalue weighted by Crippen LogP contribution is 2.10. The number of hydrogen-bond acceptors (Lipinski definition) is 3. The maximum Gasteiger partial charge on any atom is 0.417 e. The lowest BCUT2D eigenvalue weighted by atomic mass is 10.2. The third kappa shape index (κ3) is 4.45. The molecule has 4 heteroatoms. The van der Waals surface area contributed by atoms with Crippen molar-refractivity contribution in [2.75, 3.05) is 0 Å². The lowest BCUT2D eigenvalue weighted by Gasteiger charge is -2.20. The Morgan fingerprint density at radius 2 is 1.45 bits per heavy atom. The molecule has 22 heavy (non-hydrogen) atoms. The molecule has 0 atom stereocenters. The van der Waals surface area contributed by atoms with Crippen molar-refractivity contribution in [1.82, 2.24) is 4.90 Å². The van der Waals surface area contributed by atoms with Gasteiger partial charge >= 0.3 is 6.09 Å². The molecule has 0 spiro atoms. The Kier molecular flexibility index (Phi) is 5.72. The highest BCUT2D eigenvalue weighted by atomic mass is 16.6. The number of rotatable bonds is 5. The molecule has 0 aromatic heterocycles. The largest absolute Gasteiger partial charge is 0.444 e. The van der Waals surface area contributed by atoms with Crippen LogP contribution in [0.25, 0.3) is 0 Å². The molecule has 2 aromatic rings. The summed E-state index contributed by atoms with van der Waals surface area (Å²) in [5.74, 6) is -0.248. The van der Waals surface area contributed by atoms with Gasteiger partial charge in [-0.05, 0) is 11.1 Å². The van der Waals surface area contributed by atoms with Crippen LogP contribution < -0.4 is 0 Å². The number of carbonyl (C=O) groups excluding carboxylic acids is 2. The molecule has 0 saturated carbocycles. The fraction of sp³-hybridized carbons (Fsp3) is 0.222. The third-order valence-corrected chi connectivity index (χ3v) is 3.21. The molecule has 0 radical (unpaired) electrons. The van der Waals surface area contributed by atoms with Crippen LogP contribution in [0, 0.1) is 0 Å². The number of amides is 2. The van der Waals surface area contributed by atoms with Gasteiger partial charge in [0.25, 0.3) is 0 Å². The summed E-state index contributed by atoms with van der Waals surface area (Å²) in [6, 6.07) is 18.8. The monoisotopic (exact) mass is 297 g/mol. The summed E-state index contributed by atoms with van der Waals surface area (Å²) in [4.78, 5) is 25.3. The van der Waals surface area contributed by atoms with Crippen molar-refractivity contribution < 1.29 is 14.3 Å². The normalized spacial score (nSPS) is 10.0. The van der Waals surface area contributed by atoms with Gasteiger partial charge in [-0.2, -0.15) is 0 Å². The zero-order valence-electron chi connectivity index (χ0n) is 12.6. The third-order valence-electron chi connectivity index (χ3n) is 3.21. The Bertz CT molecular complexity index is 611. The molecule has 2 amide bonds. The summed E-state index contributed by atoms with van der Waals surface area (Å²) in [5.41, 5.74) is 1.78. The van der Waals surface area contributed by atoms with E-state index < -0.39 is 6.09 Å². The van der Waals surface area contributed by atoms with E-state index in [1.54, 1.807) is 6.92 Å². The Morgan fingerprint density at radius 3 is 2.00 bits per heavy atom. The van der Waals surface area contributed by atoms with Crippen LogP contribution >= 0.6 is 0 Å². The topological polar surface area (TPSA) is 46.6 Å². The molecule has 0 aliphatic rings. The van der Waals surface area contributed by atoms with Crippen LogP contribution in [0.1, 0.15) is 24.5 Å². The van der Waals surface area contributed by atoms with Gasteiger partial charge in [-0.25, -0.2) is 9.69 Å². The van der Waals surface area contributed by atoms with Gasteiger partial charge in [0, 0.05) is 6.42 Å². The summed E-state index contributed by atoms with van der Waals surface area (Å²) in [7, 11) is 0. The SMILES string of the molecule is CCC(=O)N(Cc1ccccc1)C(=O)OCc1ccccc1. The van der Waals surface area contributed by atoms with Crippen LogP contribution in [0.15, 0.2) is 60.7 Å². The molecule has 0 bridgehead atoms.